The zero-order valence-corrected chi connectivity index (χ0v) is 17.7. The summed E-state index contributed by atoms with van der Waals surface area (Å²) in [5, 5.41) is 4.73. The molecule has 5 nitrogen and oxygen atoms in total. The summed E-state index contributed by atoms with van der Waals surface area (Å²) in [5.74, 6) is 1.14. The van der Waals surface area contributed by atoms with Crippen LogP contribution in [-0.2, 0) is 13.2 Å². The van der Waals surface area contributed by atoms with E-state index in [9.17, 15) is 4.39 Å². The predicted octanol–water partition coefficient (Wildman–Crippen LogP) is 5.51. The van der Waals surface area contributed by atoms with Crippen molar-refractivity contribution in [2.75, 3.05) is 7.05 Å². The Balaban J connectivity index is 1.70. The Labute approximate surface area is 180 Å². The van der Waals surface area contributed by atoms with E-state index in [1.165, 1.54) is 12.1 Å². The zero-order valence-electron chi connectivity index (χ0n) is 16.9. The fraction of sp³-hybridized carbons (Fsp3) is 0.217. The van der Waals surface area contributed by atoms with Crippen molar-refractivity contribution in [3.63, 3.8) is 0 Å². The predicted molar refractivity (Wildman–Crippen MR) is 117 cm³/mol. The Kier molecular flexibility index (Phi) is 5.92. The van der Waals surface area contributed by atoms with Crippen LogP contribution in [0.3, 0.4) is 0 Å². The lowest BCUT2D eigenvalue weighted by molar-refractivity contribution is 0.207. The van der Waals surface area contributed by atoms with Crippen molar-refractivity contribution in [1.29, 1.82) is 0 Å². The van der Waals surface area contributed by atoms with Gasteiger partial charge in [-0.2, -0.15) is 0 Å². The Bertz CT molecular complexity index is 1150. The van der Waals surface area contributed by atoms with Crippen LogP contribution in [0.5, 0.6) is 0 Å². The molecule has 0 N–H and O–H groups in total. The molecule has 1 atom stereocenters. The number of aromatic nitrogens is 3. The van der Waals surface area contributed by atoms with Crippen LogP contribution in [0.2, 0.25) is 0 Å². The second-order valence-electron chi connectivity index (χ2n) is 7.09. The van der Waals surface area contributed by atoms with Crippen LogP contribution in [0.1, 0.15) is 24.1 Å². The Morgan fingerprint density at radius 2 is 1.73 bits per heavy atom. The van der Waals surface area contributed by atoms with Crippen molar-refractivity contribution in [1.82, 2.24) is 19.2 Å². The molecule has 7 heteroatoms. The second kappa shape index (κ2) is 8.77. The van der Waals surface area contributed by atoms with Gasteiger partial charge in [-0.1, -0.05) is 42.5 Å². The highest BCUT2D eigenvalue weighted by Crippen LogP contribution is 2.28. The van der Waals surface area contributed by atoms with Gasteiger partial charge in [0, 0.05) is 6.54 Å². The van der Waals surface area contributed by atoms with Crippen LogP contribution in [0.4, 0.5) is 4.39 Å². The van der Waals surface area contributed by atoms with Gasteiger partial charge < -0.3 is 4.42 Å². The van der Waals surface area contributed by atoms with Crippen molar-refractivity contribution in [3.05, 3.63) is 94.7 Å². The standard InChI is InChI=1S/C23H23FN4OS/c1-3-27-22(20-10-7-15-29-20)25-28(23(27)30)16-26(2)21(17-8-5-4-6-9-17)18-11-13-19(24)14-12-18/h4-15,21H,3,16H2,1-2H3/t21-/m1/s1. The smallest absolute Gasteiger partial charge is 0.199 e. The van der Waals surface area contributed by atoms with Gasteiger partial charge in [0.05, 0.1) is 19.0 Å². The maximum absolute atomic E-state index is 13.5. The molecule has 30 heavy (non-hydrogen) atoms. The third kappa shape index (κ3) is 3.99. The monoisotopic (exact) mass is 422 g/mol. The minimum absolute atomic E-state index is 0.0764. The first-order valence-electron chi connectivity index (χ1n) is 9.80. The highest BCUT2D eigenvalue weighted by molar-refractivity contribution is 7.71. The summed E-state index contributed by atoms with van der Waals surface area (Å²) in [6.07, 6.45) is 1.63. The summed E-state index contributed by atoms with van der Waals surface area (Å²) in [5.41, 5.74) is 2.11. The normalized spacial score (nSPS) is 12.4. The molecule has 0 spiro atoms. The van der Waals surface area contributed by atoms with E-state index in [0.29, 0.717) is 29.6 Å². The molecule has 4 aromatic rings. The number of nitrogens with zero attached hydrogens (tertiary/aromatic N) is 4. The van der Waals surface area contributed by atoms with Gasteiger partial charge in [0.1, 0.15) is 5.82 Å². The van der Waals surface area contributed by atoms with Gasteiger partial charge in [0.25, 0.3) is 0 Å². The molecule has 0 saturated carbocycles. The molecule has 0 amide bonds. The molecule has 0 radical (unpaired) electrons. The van der Waals surface area contributed by atoms with E-state index in [4.69, 9.17) is 21.7 Å². The van der Waals surface area contributed by atoms with Crippen LogP contribution in [0.25, 0.3) is 11.6 Å². The van der Waals surface area contributed by atoms with Crippen molar-refractivity contribution in [2.24, 2.45) is 0 Å². The Morgan fingerprint density at radius 1 is 1.03 bits per heavy atom. The molecule has 2 aromatic carbocycles. The van der Waals surface area contributed by atoms with Crippen LogP contribution in [-0.4, -0.2) is 26.3 Å². The van der Waals surface area contributed by atoms with Gasteiger partial charge in [-0.3, -0.25) is 9.47 Å². The highest BCUT2D eigenvalue weighted by Gasteiger charge is 2.22. The molecular formula is C23H23FN4OS. The van der Waals surface area contributed by atoms with Crippen molar-refractivity contribution in [3.8, 4) is 11.6 Å². The first-order valence-corrected chi connectivity index (χ1v) is 10.2. The molecule has 0 aliphatic heterocycles. The largest absolute Gasteiger partial charge is 0.461 e. The molecule has 2 heterocycles. The third-order valence-corrected chi connectivity index (χ3v) is 5.51. The summed E-state index contributed by atoms with van der Waals surface area (Å²) in [4.78, 5) is 2.15. The number of hydrogen-bond acceptors (Lipinski definition) is 4. The number of furan rings is 1. The molecule has 0 aliphatic rings. The van der Waals surface area contributed by atoms with Crippen LogP contribution in [0, 0.1) is 10.6 Å². The molecule has 0 bridgehead atoms. The lowest BCUT2D eigenvalue weighted by Crippen LogP contribution is -2.28. The lowest BCUT2D eigenvalue weighted by Gasteiger charge is -2.28. The van der Waals surface area contributed by atoms with Crippen molar-refractivity contribution in [2.45, 2.75) is 26.2 Å². The van der Waals surface area contributed by atoms with Gasteiger partial charge in [-0.25, -0.2) is 9.07 Å². The maximum Gasteiger partial charge on any atom is 0.199 e. The van der Waals surface area contributed by atoms with Gasteiger partial charge in [-0.05, 0) is 61.6 Å². The van der Waals surface area contributed by atoms with Gasteiger partial charge in [0.15, 0.2) is 16.4 Å². The van der Waals surface area contributed by atoms with Crippen LogP contribution < -0.4 is 0 Å². The first-order chi connectivity index (χ1) is 14.6. The topological polar surface area (TPSA) is 39.1 Å². The Hall–Kier alpha value is -3.03. The van der Waals surface area contributed by atoms with E-state index in [-0.39, 0.29) is 11.9 Å². The SMILES string of the molecule is CCn1c(-c2ccco2)nn(CN(C)[C@H](c2ccccc2)c2ccc(F)cc2)c1=S. The summed E-state index contributed by atoms with van der Waals surface area (Å²) >= 11 is 5.69. The molecule has 0 unspecified atom stereocenters. The van der Waals surface area contributed by atoms with Crippen molar-refractivity contribution < 1.29 is 8.81 Å². The highest BCUT2D eigenvalue weighted by atomic mass is 32.1. The van der Waals surface area contributed by atoms with E-state index in [2.05, 4.69) is 17.0 Å². The average Bonchev–Trinajstić information content (AvgIpc) is 3.39. The Morgan fingerprint density at radius 3 is 2.37 bits per heavy atom. The molecule has 0 saturated heterocycles. The summed E-state index contributed by atoms with van der Waals surface area (Å²) in [6, 6.07) is 20.4. The molecule has 4 rings (SSSR count). The molecule has 0 fully saturated rings. The molecule has 2 aromatic heterocycles. The van der Waals surface area contributed by atoms with Crippen LogP contribution in [0.15, 0.2) is 77.4 Å². The van der Waals surface area contributed by atoms with Crippen LogP contribution >= 0.6 is 12.2 Å². The fourth-order valence-electron chi connectivity index (χ4n) is 3.68. The minimum atomic E-state index is -0.250. The molecule has 0 aliphatic carbocycles. The number of hydrogen-bond donors (Lipinski definition) is 0. The average molecular weight is 423 g/mol. The van der Waals surface area contributed by atoms with Gasteiger partial charge >= 0.3 is 0 Å². The number of rotatable bonds is 7. The molecule has 154 valence electrons. The third-order valence-electron chi connectivity index (χ3n) is 5.08. The number of halogens is 1. The number of benzene rings is 2. The van der Waals surface area contributed by atoms with E-state index in [0.717, 1.165) is 11.1 Å². The van der Waals surface area contributed by atoms with Gasteiger partial charge in [-0.15, -0.1) is 5.10 Å². The van der Waals surface area contributed by atoms with Crippen molar-refractivity contribution >= 4 is 12.2 Å². The lowest BCUT2D eigenvalue weighted by atomic mass is 9.98. The summed E-state index contributed by atoms with van der Waals surface area (Å²) in [6.45, 7) is 3.19. The quantitative estimate of drug-likeness (QED) is 0.368. The molecular weight excluding hydrogens is 399 g/mol. The zero-order chi connectivity index (χ0) is 21.1. The fourth-order valence-corrected chi connectivity index (χ4v) is 4.00. The van der Waals surface area contributed by atoms with E-state index in [1.807, 2.05) is 61.0 Å². The van der Waals surface area contributed by atoms with Gasteiger partial charge in [0.2, 0.25) is 0 Å². The van der Waals surface area contributed by atoms with E-state index >= 15 is 0 Å². The first kappa shape index (κ1) is 20.3. The summed E-state index contributed by atoms with van der Waals surface area (Å²) < 4.78 is 23.4. The van der Waals surface area contributed by atoms with E-state index in [1.54, 1.807) is 10.9 Å². The summed E-state index contributed by atoms with van der Waals surface area (Å²) in [7, 11) is 2.01. The minimum Gasteiger partial charge on any atom is -0.461 e. The van der Waals surface area contributed by atoms with E-state index < -0.39 is 0 Å². The maximum atomic E-state index is 13.5. The second-order valence-corrected chi connectivity index (χ2v) is 7.46.